The summed E-state index contributed by atoms with van der Waals surface area (Å²) in [6.45, 7) is 2.90. The van der Waals surface area contributed by atoms with E-state index in [1.54, 1.807) is 0 Å². The lowest BCUT2D eigenvalue weighted by molar-refractivity contribution is -0.118. The van der Waals surface area contributed by atoms with Crippen LogP contribution < -0.4 is 10.2 Å². The van der Waals surface area contributed by atoms with Gasteiger partial charge in [-0.1, -0.05) is 0 Å². The van der Waals surface area contributed by atoms with E-state index in [4.69, 9.17) is 0 Å². The van der Waals surface area contributed by atoms with E-state index in [-0.39, 0.29) is 11.9 Å². The van der Waals surface area contributed by atoms with Gasteiger partial charge in [-0.2, -0.15) is 5.10 Å². The number of piperidine rings is 1. The minimum Gasteiger partial charge on any atom is -0.343 e. The largest absolute Gasteiger partial charge is 0.343 e. The standard InChI is InChI=1S/C11H16N4O/c1-7-9-11(14(2)13-7)15-6-4-3-5-8(15)10(16)12-9/h8H,3-6H2,1-2H3,(H,12,16)/t8-/m0/s1. The molecule has 1 amide bonds. The molecule has 0 bridgehead atoms. The van der Waals surface area contributed by atoms with Crippen molar-refractivity contribution < 1.29 is 4.79 Å². The molecule has 5 heteroatoms. The van der Waals surface area contributed by atoms with Crippen molar-refractivity contribution in [1.29, 1.82) is 0 Å². The van der Waals surface area contributed by atoms with Gasteiger partial charge in [0.25, 0.3) is 0 Å². The SMILES string of the molecule is Cc1nn(C)c2c1NC(=O)[C@@H]1CCCCN21. The Bertz CT molecular complexity index is 451. The quantitative estimate of drug-likeness (QED) is 0.710. The Hall–Kier alpha value is -1.52. The minimum absolute atomic E-state index is 0.0102. The van der Waals surface area contributed by atoms with Gasteiger partial charge in [0.1, 0.15) is 11.7 Å². The zero-order chi connectivity index (χ0) is 11.3. The van der Waals surface area contributed by atoms with E-state index in [2.05, 4.69) is 15.3 Å². The number of hydrogen-bond acceptors (Lipinski definition) is 3. The number of nitrogens with zero attached hydrogens (tertiary/aromatic N) is 3. The summed E-state index contributed by atoms with van der Waals surface area (Å²) >= 11 is 0. The molecule has 86 valence electrons. The van der Waals surface area contributed by atoms with Gasteiger partial charge in [0.15, 0.2) is 5.82 Å². The molecule has 1 N–H and O–H groups in total. The lowest BCUT2D eigenvalue weighted by Gasteiger charge is -2.39. The summed E-state index contributed by atoms with van der Waals surface area (Å²) < 4.78 is 1.88. The highest BCUT2D eigenvalue weighted by molar-refractivity contribution is 6.03. The highest BCUT2D eigenvalue weighted by Gasteiger charge is 2.37. The van der Waals surface area contributed by atoms with E-state index in [1.807, 2.05) is 18.7 Å². The molecule has 2 aliphatic rings. The lowest BCUT2D eigenvalue weighted by atomic mass is 9.99. The van der Waals surface area contributed by atoms with E-state index < -0.39 is 0 Å². The Labute approximate surface area is 94.4 Å². The lowest BCUT2D eigenvalue weighted by Crippen LogP contribution is -2.51. The van der Waals surface area contributed by atoms with E-state index in [0.29, 0.717) is 0 Å². The molecule has 2 aliphatic heterocycles. The summed E-state index contributed by atoms with van der Waals surface area (Å²) in [6, 6.07) is 0.0102. The van der Waals surface area contributed by atoms with Crippen LogP contribution in [-0.2, 0) is 11.8 Å². The maximum atomic E-state index is 12.0. The monoisotopic (exact) mass is 220 g/mol. The van der Waals surface area contributed by atoms with Crippen LogP contribution in [0.15, 0.2) is 0 Å². The van der Waals surface area contributed by atoms with Crippen LogP contribution in [0.4, 0.5) is 11.5 Å². The number of rotatable bonds is 0. The normalized spacial score (nSPS) is 23.8. The number of nitrogens with one attached hydrogen (secondary N) is 1. The molecule has 16 heavy (non-hydrogen) atoms. The van der Waals surface area contributed by atoms with E-state index in [0.717, 1.165) is 43.0 Å². The number of fused-ring (bicyclic) bond motifs is 3. The van der Waals surface area contributed by atoms with E-state index >= 15 is 0 Å². The first-order chi connectivity index (χ1) is 7.68. The Morgan fingerprint density at radius 3 is 3.06 bits per heavy atom. The third-order valence-corrected chi connectivity index (χ3v) is 3.52. The number of amides is 1. The second-order valence-corrected chi connectivity index (χ2v) is 4.60. The molecule has 5 nitrogen and oxygen atoms in total. The van der Waals surface area contributed by atoms with Crippen molar-refractivity contribution in [3.05, 3.63) is 5.69 Å². The van der Waals surface area contributed by atoms with Crippen LogP contribution in [0.1, 0.15) is 25.0 Å². The van der Waals surface area contributed by atoms with E-state index in [1.165, 1.54) is 0 Å². The van der Waals surface area contributed by atoms with Crippen molar-refractivity contribution in [2.45, 2.75) is 32.2 Å². The number of carbonyl (C=O) groups is 1. The van der Waals surface area contributed by atoms with Crippen LogP contribution in [0, 0.1) is 6.92 Å². The zero-order valence-corrected chi connectivity index (χ0v) is 9.66. The first-order valence-electron chi connectivity index (χ1n) is 5.79. The zero-order valence-electron chi connectivity index (χ0n) is 9.66. The molecular formula is C11H16N4O. The highest BCUT2D eigenvalue weighted by atomic mass is 16.2. The maximum Gasteiger partial charge on any atom is 0.247 e. The van der Waals surface area contributed by atoms with Crippen molar-refractivity contribution in [1.82, 2.24) is 9.78 Å². The predicted octanol–water partition coefficient (Wildman–Crippen LogP) is 1.04. The average Bonchev–Trinajstić information content (AvgIpc) is 2.55. The topological polar surface area (TPSA) is 50.2 Å². The Morgan fingerprint density at radius 2 is 2.25 bits per heavy atom. The summed E-state index contributed by atoms with van der Waals surface area (Å²) in [5.41, 5.74) is 1.79. The molecule has 0 unspecified atom stereocenters. The number of carbonyl (C=O) groups excluding carboxylic acids is 1. The Morgan fingerprint density at radius 1 is 1.44 bits per heavy atom. The summed E-state index contributed by atoms with van der Waals surface area (Å²) in [4.78, 5) is 14.2. The molecule has 0 spiro atoms. The van der Waals surface area contributed by atoms with Gasteiger partial charge in [0.2, 0.25) is 5.91 Å². The number of anilines is 2. The van der Waals surface area contributed by atoms with Gasteiger partial charge >= 0.3 is 0 Å². The fourth-order valence-electron chi connectivity index (χ4n) is 2.79. The van der Waals surface area contributed by atoms with Crippen molar-refractivity contribution in [3.8, 4) is 0 Å². The fraction of sp³-hybridized carbons (Fsp3) is 0.636. The molecule has 3 heterocycles. The fourth-order valence-corrected chi connectivity index (χ4v) is 2.79. The third kappa shape index (κ3) is 1.17. The predicted molar refractivity (Wildman–Crippen MR) is 61.6 cm³/mol. The molecule has 1 aromatic heterocycles. The van der Waals surface area contributed by atoms with Gasteiger partial charge in [0.05, 0.1) is 5.69 Å². The summed E-state index contributed by atoms with van der Waals surface area (Å²) in [5.74, 6) is 1.20. The van der Waals surface area contributed by atoms with Gasteiger partial charge in [-0.3, -0.25) is 9.48 Å². The number of hydrogen-bond donors (Lipinski definition) is 1. The van der Waals surface area contributed by atoms with Crippen LogP contribution in [0.5, 0.6) is 0 Å². The smallest absolute Gasteiger partial charge is 0.247 e. The molecule has 3 rings (SSSR count). The molecule has 0 aromatic carbocycles. The summed E-state index contributed by atoms with van der Waals surface area (Å²) in [5, 5.41) is 7.36. The molecule has 1 saturated heterocycles. The average molecular weight is 220 g/mol. The third-order valence-electron chi connectivity index (χ3n) is 3.52. The Kier molecular flexibility index (Phi) is 1.96. The van der Waals surface area contributed by atoms with E-state index in [9.17, 15) is 4.79 Å². The van der Waals surface area contributed by atoms with Crippen LogP contribution in [0.25, 0.3) is 0 Å². The van der Waals surface area contributed by atoms with Gasteiger partial charge in [0, 0.05) is 13.6 Å². The molecule has 1 aromatic rings. The molecule has 1 fully saturated rings. The van der Waals surface area contributed by atoms with Crippen molar-refractivity contribution in [2.75, 3.05) is 16.8 Å². The first-order valence-corrected chi connectivity index (χ1v) is 5.79. The number of aromatic nitrogens is 2. The molecule has 0 radical (unpaired) electrons. The highest BCUT2D eigenvalue weighted by Crippen LogP contribution is 2.37. The van der Waals surface area contributed by atoms with Crippen molar-refractivity contribution >= 4 is 17.4 Å². The van der Waals surface area contributed by atoms with Crippen LogP contribution in [0.2, 0.25) is 0 Å². The molecule has 1 atom stereocenters. The van der Waals surface area contributed by atoms with Crippen molar-refractivity contribution in [2.24, 2.45) is 7.05 Å². The summed E-state index contributed by atoms with van der Waals surface area (Å²) in [7, 11) is 1.94. The maximum absolute atomic E-state index is 12.0. The molecule has 0 aliphatic carbocycles. The van der Waals surface area contributed by atoms with Gasteiger partial charge in [-0.05, 0) is 26.2 Å². The van der Waals surface area contributed by atoms with Crippen LogP contribution in [-0.4, -0.2) is 28.3 Å². The van der Waals surface area contributed by atoms with Crippen LogP contribution in [0.3, 0.4) is 0 Å². The summed E-state index contributed by atoms with van der Waals surface area (Å²) in [6.07, 6.45) is 3.25. The second kappa shape index (κ2) is 3.23. The Balaban J connectivity index is 2.12. The van der Waals surface area contributed by atoms with Crippen molar-refractivity contribution in [3.63, 3.8) is 0 Å². The molecular weight excluding hydrogens is 204 g/mol. The van der Waals surface area contributed by atoms with Gasteiger partial charge in [-0.25, -0.2) is 0 Å². The van der Waals surface area contributed by atoms with Gasteiger partial charge < -0.3 is 10.2 Å². The number of aryl methyl sites for hydroxylation is 2. The van der Waals surface area contributed by atoms with Gasteiger partial charge in [-0.15, -0.1) is 0 Å². The molecule has 0 saturated carbocycles. The minimum atomic E-state index is 0.0102. The second-order valence-electron chi connectivity index (χ2n) is 4.60. The van der Waals surface area contributed by atoms with Crippen LogP contribution >= 0.6 is 0 Å². The first kappa shape index (κ1) is 9.69.